The molecule has 0 heterocycles. The van der Waals surface area contributed by atoms with Crippen molar-refractivity contribution in [3.63, 3.8) is 0 Å². The zero-order valence-corrected chi connectivity index (χ0v) is 5.81. The lowest BCUT2D eigenvalue weighted by molar-refractivity contribution is -0.0979. The highest BCUT2D eigenvalue weighted by molar-refractivity contribution is 9.09. The molecule has 7 heavy (non-hydrogen) atoms. The van der Waals surface area contributed by atoms with Gasteiger partial charge >= 0.3 is 0 Å². The van der Waals surface area contributed by atoms with E-state index < -0.39 is 0 Å². The summed E-state index contributed by atoms with van der Waals surface area (Å²) in [6.07, 6.45) is -0.199. The van der Waals surface area contributed by atoms with Gasteiger partial charge in [0.05, 0.1) is 6.10 Å². The summed E-state index contributed by atoms with van der Waals surface area (Å²) < 4.78 is 0. The Morgan fingerprint density at radius 1 is 1.86 bits per heavy atom. The summed E-state index contributed by atoms with van der Waals surface area (Å²) in [5.74, 6) is 0. The predicted molar refractivity (Wildman–Crippen MR) is 32.6 cm³/mol. The highest BCUT2D eigenvalue weighted by Crippen LogP contribution is 1.84. The van der Waals surface area contributed by atoms with Crippen LogP contribution in [-0.2, 0) is 4.79 Å². The quantitative estimate of drug-likeness (QED) is 0.583. The Morgan fingerprint density at radius 2 is 2.00 bits per heavy atom. The number of alkyl halides is 1. The molecule has 0 aliphatic rings. The first-order chi connectivity index (χ1) is 3.27. The van der Waals surface area contributed by atoms with Crippen LogP contribution in [0.2, 0.25) is 0 Å². The average Bonchev–Trinajstić information content (AvgIpc) is 1.73. The molecule has 0 amide bonds. The third-order valence-corrected chi connectivity index (χ3v) is 1.16. The number of aliphatic hydroxyl groups is 1. The zero-order chi connectivity index (χ0) is 6.28. The van der Waals surface area contributed by atoms with Crippen LogP contribution >= 0.6 is 15.9 Å². The van der Waals surface area contributed by atoms with Gasteiger partial charge in [-0.2, -0.15) is 0 Å². The van der Waals surface area contributed by atoms with E-state index in [1.165, 1.54) is 0 Å². The number of carbonyl (C=O) groups excluding carboxylic acids is 1. The molecule has 0 radical (unpaired) electrons. The number of aliphatic hydroxyl groups excluding tert-OH is 1. The monoisotopic (exact) mass is 168 g/mol. The van der Waals surface area contributed by atoms with Gasteiger partial charge in [-0.25, -0.2) is 0 Å². The van der Waals surface area contributed by atoms with Gasteiger partial charge in [0.1, 0.15) is 6.79 Å². The van der Waals surface area contributed by atoms with Gasteiger partial charge in [-0.3, -0.25) is 0 Å². The van der Waals surface area contributed by atoms with Crippen LogP contribution < -0.4 is 0 Å². The second kappa shape index (κ2) is 9.44. The van der Waals surface area contributed by atoms with E-state index in [1.54, 1.807) is 6.92 Å². The van der Waals surface area contributed by atoms with Crippen LogP contribution in [0.1, 0.15) is 6.92 Å². The maximum Gasteiger partial charge on any atom is 0.106 e. The third-order valence-electron chi connectivity index (χ3n) is 0.223. The molecular weight excluding hydrogens is 160 g/mol. The second-order valence-electron chi connectivity index (χ2n) is 1.00. The predicted octanol–water partition coefficient (Wildman–Crippen LogP) is 0.577. The van der Waals surface area contributed by atoms with Gasteiger partial charge in [0.15, 0.2) is 0 Å². The lowest BCUT2D eigenvalue weighted by atomic mass is 10.5. The summed E-state index contributed by atoms with van der Waals surface area (Å²) in [5.41, 5.74) is 0. The summed E-state index contributed by atoms with van der Waals surface area (Å²) >= 11 is 3.06. The maximum atomic E-state index is 8.31. The van der Waals surface area contributed by atoms with Gasteiger partial charge in [-0.1, -0.05) is 15.9 Å². The molecule has 0 spiro atoms. The largest absolute Gasteiger partial charge is 0.393 e. The van der Waals surface area contributed by atoms with Crippen molar-refractivity contribution in [3.05, 3.63) is 0 Å². The van der Waals surface area contributed by atoms with E-state index in [1.807, 2.05) is 6.79 Å². The van der Waals surface area contributed by atoms with Gasteiger partial charge < -0.3 is 9.90 Å². The minimum absolute atomic E-state index is 0.199. The number of rotatable bonds is 1. The molecule has 1 atom stereocenters. The lowest BCUT2D eigenvalue weighted by Crippen LogP contribution is -1.97. The molecule has 0 fully saturated rings. The van der Waals surface area contributed by atoms with E-state index in [4.69, 9.17) is 9.90 Å². The van der Waals surface area contributed by atoms with Gasteiger partial charge in [0, 0.05) is 5.33 Å². The molecule has 0 aliphatic carbocycles. The number of hydrogen-bond acceptors (Lipinski definition) is 2. The van der Waals surface area contributed by atoms with Crippen molar-refractivity contribution in [1.29, 1.82) is 0 Å². The van der Waals surface area contributed by atoms with Gasteiger partial charge in [-0.05, 0) is 6.92 Å². The Morgan fingerprint density at radius 3 is 2.00 bits per heavy atom. The summed E-state index contributed by atoms with van der Waals surface area (Å²) in [4.78, 5) is 8.00. The molecule has 2 nitrogen and oxygen atoms in total. The summed E-state index contributed by atoms with van der Waals surface area (Å²) in [6.45, 7) is 3.73. The number of halogens is 1. The molecule has 0 rings (SSSR count). The first-order valence-electron chi connectivity index (χ1n) is 1.80. The molecule has 0 aromatic heterocycles. The van der Waals surface area contributed by atoms with Gasteiger partial charge in [0.25, 0.3) is 0 Å². The molecule has 1 unspecified atom stereocenters. The SMILES string of the molecule is C=O.CC(O)CBr. The molecule has 0 saturated heterocycles. The Bertz CT molecular complexity index is 30.9. The number of hydrogen-bond donors (Lipinski definition) is 1. The molecular formula is C4H9BrO2. The van der Waals surface area contributed by atoms with Crippen molar-refractivity contribution in [2.75, 3.05) is 5.33 Å². The molecule has 3 heteroatoms. The zero-order valence-electron chi connectivity index (χ0n) is 4.22. The first kappa shape index (κ1) is 10.2. The van der Waals surface area contributed by atoms with E-state index in [-0.39, 0.29) is 6.10 Å². The van der Waals surface area contributed by atoms with E-state index in [2.05, 4.69) is 15.9 Å². The molecule has 0 bridgehead atoms. The number of carbonyl (C=O) groups is 1. The van der Waals surface area contributed by atoms with Crippen molar-refractivity contribution in [2.45, 2.75) is 13.0 Å². The Kier molecular flexibility index (Phi) is 13.7. The summed E-state index contributed by atoms with van der Waals surface area (Å²) in [5, 5.41) is 8.99. The van der Waals surface area contributed by atoms with Crippen LogP contribution in [0.25, 0.3) is 0 Å². The highest BCUT2D eigenvalue weighted by atomic mass is 79.9. The van der Waals surface area contributed by atoms with Crippen LogP contribution in [0, 0.1) is 0 Å². The van der Waals surface area contributed by atoms with E-state index in [0.717, 1.165) is 0 Å². The Labute approximate surface area is 51.7 Å². The highest BCUT2D eigenvalue weighted by Gasteiger charge is 1.83. The fraction of sp³-hybridized carbons (Fsp3) is 0.750. The lowest BCUT2D eigenvalue weighted by Gasteiger charge is -1.89. The first-order valence-corrected chi connectivity index (χ1v) is 2.92. The van der Waals surface area contributed by atoms with Crippen molar-refractivity contribution in [1.82, 2.24) is 0 Å². The topological polar surface area (TPSA) is 37.3 Å². The van der Waals surface area contributed by atoms with Crippen LogP contribution in [0.5, 0.6) is 0 Å². The van der Waals surface area contributed by atoms with E-state index >= 15 is 0 Å². The van der Waals surface area contributed by atoms with Gasteiger partial charge in [-0.15, -0.1) is 0 Å². The van der Waals surface area contributed by atoms with Gasteiger partial charge in [0.2, 0.25) is 0 Å². The molecule has 0 aromatic carbocycles. The third kappa shape index (κ3) is 23.2. The van der Waals surface area contributed by atoms with E-state index in [9.17, 15) is 0 Å². The van der Waals surface area contributed by atoms with Crippen LogP contribution in [0.3, 0.4) is 0 Å². The summed E-state index contributed by atoms with van der Waals surface area (Å²) in [7, 11) is 0. The smallest absolute Gasteiger partial charge is 0.106 e. The Balaban J connectivity index is 0. The van der Waals surface area contributed by atoms with Crippen LogP contribution in [-0.4, -0.2) is 23.3 Å². The molecule has 0 saturated carbocycles. The van der Waals surface area contributed by atoms with Crippen LogP contribution in [0.4, 0.5) is 0 Å². The van der Waals surface area contributed by atoms with Crippen molar-refractivity contribution in [2.24, 2.45) is 0 Å². The van der Waals surface area contributed by atoms with Crippen molar-refractivity contribution in [3.8, 4) is 0 Å². The molecule has 0 aliphatic heterocycles. The average molecular weight is 169 g/mol. The molecule has 44 valence electrons. The fourth-order valence-electron chi connectivity index (χ4n) is 0. The van der Waals surface area contributed by atoms with Crippen molar-refractivity contribution < 1.29 is 9.90 Å². The van der Waals surface area contributed by atoms with Crippen LogP contribution in [0.15, 0.2) is 0 Å². The van der Waals surface area contributed by atoms with E-state index in [0.29, 0.717) is 5.33 Å². The standard InChI is InChI=1S/C3H7BrO.CH2O/c1-3(5)2-4;1-2/h3,5H,2H2,1H3;1H2. The minimum Gasteiger partial charge on any atom is -0.393 e. The fourth-order valence-corrected chi connectivity index (χ4v) is 0. The second-order valence-corrected chi connectivity index (χ2v) is 1.65. The summed E-state index contributed by atoms with van der Waals surface area (Å²) in [6, 6.07) is 0. The maximum absolute atomic E-state index is 8.31. The minimum atomic E-state index is -0.199. The molecule has 1 N–H and O–H groups in total. The Hall–Kier alpha value is 0.110. The normalized spacial score (nSPS) is 11.3. The van der Waals surface area contributed by atoms with Crippen molar-refractivity contribution >= 4 is 22.7 Å². The molecule has 0 aromatic rings.